The highest BCUT2D eigenvalue weighted by Gasteiger charge is 2.08. The highest BCUT2D eigenvalue weighted by atomic mass is 16.5. The molecule has 0 aliphatic rings. The van der Waals surface area contributed by atoms with Crippen LogP contribution in [0.4, 0.5) is 0 Å². The predicted octanol–water partition coefficient (Wildman–Crippen LogP) is 6.17. The second-order valence-corrected chi connectivity index (χ2v) is 7.89. The van der Waals surface area contributed by atoms with Gasteiger partial charge < -0.3 is 20.1 Å². The molecule has 3 N–H and O–H groups in total. The van der Waals surface area contributed by atoms with Gasteiger partial charge in [0, 0.05) is 0 Å². The summed E-state index contributed by atoms with van der Waals surface area (Å²) in [6.07, 6.45) is 3.26. The Labute approximate surface area is 188 Å². The van der Waals surface area contributed by atoms with Crippen LogP contribution < -0.4 is 4.74 Å². The summed E-state index contributed by atoms with van der Waals surface area (Å²) in [5.41, 5.74) is 4.40. The minimum absolute atomic E-state index is 0.101. The Morgan fingerprint density at radius 2 is 1.09 bits per heavy atom. The monoisotopic (exact) mass is 426 g/mol. The second-order valence-electron chi connectivity index (χ2n) is 7.89. The second kappa shape index (κ2) is 9.92. The number of aryl methyl sites for hydroxylation is 4. The topological polar surface area (TPSA) is 69.9 Å². The fourth-order valence-corrected chi connectivity index (χ4v) is 3.64. The first-order valence-electron chi connectivity index (χ1n) is 10.7. The molecule has 0 fully saturated rings. The van der Waals surface area contributed by atoms with Crippen molar-refractivity contribution < 1.29 is 20.1 Å². The molecule has 32 heavy (non-hydrogen) atoms. The molecule has 4 aromatic carbocycles. The summed E-state index contributed by atoms with van der Waals surface area (Å²) in [6.45, 7) is 0. The number of aromatic hydroxyl groups is 3. The summed E-state index contributed by atoms with van der Waals surface area (Å²) < 4.78 is 6.01. The van der Waals surface area contributed by atoms with Crippen LogP contribution in [0, 0.1) is 0 Å². The SMILES string of the molecule is Oc1ccc(CCc2ccc(O)c(Oc3cccc(CCc4cccc(O)c4)c3)c2)cc1. The van der Waals surface area contributed by atoms with Gasteiger partial charge in [0.05, 0.1) is 0 Å². The van der Waals surface area contributed by atoms with Gasteiger partial charge in [-0.2, -0.15) is 0 Å². The van der Waals surface area contributed by atoms with Gasteiger partial charge in [-0.1, -0.05) is 42.5 Å². The molecule has 0 amide bonds. The number of hydrogen-bond acceptors (Lipinski definition) is 4. The number of rotatable bonds is 8. The maximum Gasteiger partial charge on any atom is 0.169 e. The van der Waals surface area contributed by atoms with Gasteiger partial charge in [-0.25, -0.2) is 0 Å². The van der Waals surface area contributed by atoms with Crippen LogP contribution in [-0.2, 0) is 25.7 Å². The normalized spacial score (nSPS) is 10.8. The maximum atomic E-state index is 10.3. The lowest BCUT2D eigenvalue weighted by atomic mass is 10.0. The summed E-state index contributed by atoms with van der Waals surface area (Å²) in [5, 5.41) is 29.3. The molecule has 0 aliphatic heterocycles. The van der Waals surface area contributed by atoms with E-state index in [-0.39, 0.29) is 17.2 Å². The van der Waals surface area contributed by atoms with Gasteiger partial charge in [0.25, 0.3) is 0 Å². The lowest BCUT2D eigenvalue weighted by molar-refractivity contribution is 0.410. The quantitative estimate of drug-likeness (QED) is 0.315. The van der Waals surface area contributed by atoms with Crippen molar-refractivity contribution in [2.75, 3.05) is 0 Å². The molecule has 0 atom stereocenters. The van der Waals surface area contributed by atoms with Crippen molar-refractivity contribution in [3.63, 3.8) is 0 Å². The van der Waals surface area contributed by atoms with Crippen molar-refractivity contribution in [1.29, 1.82) is 0 Å². The van der Waals surface area contributed by atoms with Crippen LogP contribution in [0.5, 0.6) is 28.7 Å². The third-order valence-electron chi connectivity index (χ3n) is 5.40. The number of ether oxygens (including phenoxy) is 1. The molecule has 0 aliphatic carbocycles. The molecule has 0 spiro atoms. The average Bonchev–Trinajstić information content (AvgIpc) is 2.80. The van der Waals surface area contributed by atoms with Crippen molar-refractivity contribution in [2.24, 2.45) is 0 Å². The molecular weight excluding hydrogens is 400 g/mol. The zero-order chi connectivity index (χ0) is 22.3. The molecule has 0 radical (unpaired) electrons. The molecule has 0 aromatic heterocycles. The molecule has 4 aromatic rings. The highest BCUT2D eigenvalue weighted by molar-refractivity contribution is 5.45. The molecular formula is C28H26O4. The van der Waals surface area contributed by atoms with Crippen molar-refractivity contribution in [2.45, 2.75) is 25.7 Å². The Morgan fingerprint density at radius 3 is 1.81 bits per heavy atom. The molecule has 162 valence electrons. The van der Waals surface area contributed by atoms with E-state index in [0.717, 1.165) is 47.9 Å². The third-order valence-corrected chi connectivity index (χ3v) is 5.40. The van der Waals surface area contributed by atoms with Crippen LogP contribution in [0.15, 0.2) is 91.0 Å². The van der Waals surface area contributed by atoms with E-state index in [1.807, 2.05) is 60.7 Å². The fraction of sp³-hybridized carbons (Fsp3) is 0.143. The Bertz CT molecular complexity index is 1180. The minimum Gasteiger partial charge on any atom is -0.508 e. The summed E-state index contributed by atoms with van der Waals surface area (Å²) in [6, 6.07) is 27.8. The van der Waals surface area contributed by atoms with Gasteiger partial charge in [0.2, 0.25) is 0 Å². The molecule has 4 rings (SSSR count). The van der Waals surface area contributed by atoms with Gasteiger partial charge in [0.1, 0.15) is 17.2 Å². The largest absolute Gasteiger partial charge is 0.508 e. The summed E-state index contributed by atoms with van der Waals surface area (Å²) in [7, 11) is 0. The lowest BCUT2D eigenvalue weighted by Crippen LogP contribution is -1.94. The first kappa shape index (κ1) is 21.3. The molecule has 4 heteroatoms. The van der Waals surface area contributed by atoms with Crippen LogP contribution >= 0.6 is 0 Å². The summed E-state index contributed by atoms with van der Waals surface area (Å²) >= 11 is 0. The van der Waals surface area contributed by atoms with Crippen LogP contribution in [0.3, 0.4) is 0 Å². The third kappa shape index (κ3) is 5.82. The van der Waals surface area contributed by atoms with E-state index >= 15 is 0 Å². The Balaban J connectivity index is 1.41. The number of phenolic OH excluding ortho intramolecular Hbond substituents is 3. The van der Waals surface area contributed by atoms with E-state index in [0.29, 0.717) is 11.5 Å². The Kier molecular flexibility index (Phi) is 6.61. The van der Waals surface area contributed by atoms with E-state index in [2.05, 4.69) is 0 Å². The van der Waals surface area contributed by atoms with Gasteiger partial charge in [-0.15, -0.1) is 0 Å². The number of hydrogen-bond donors (Lipinski definition) is 3. The summed E-state index contributed by atoms with van der Waals surface area (Å²) in [5.74, 6) is 1.74. The van der Waals surface area contributed by atoms with Crippen LogP contribution in [0.25, 0.3) is 0 Å². The van der Waals surface area contributed by atoms with Crippen molar-refractivity contribution in [1.82, 2.24) is 0 Å². The summed E-state index contributed by atoms with van der Waals surface area (Å²) in [4.78, 5) is 0. The average molecular weight is 427 g/mol. The fourth-order valence-electron chi connectivity index (χ4n) is 3.64. The van der Waals surface area contributed by atoms with E-state index in [1.54, 1.807) is 30.3 Å². The lowest BCUT2D eigenvalue weighted by Gasteiger charge is -2.11. The molecule has 0 heterocycles. The molecule has 0 saturated heterocycles. The molecule has 4 nitrogen and oxygen atoms in total. The zero-order valence-electron chi connectivity index (χ0n) is 17.7. The number of phenols is 3. The highest BCUT2D eigenvalue weighted by Crippen LogP contribution is 2.32. The standard InChI is InChI=1S/C28H26O4/c29-24-14-11-20(12-15-24)7-8-23-13-16-27(31)28(19-23)32-26-6-2-4-22(18-26)10-9-21-3-1-5-25(30)17-21/h1-6,11-19,29-31H,7-10H2. The Hall–Kier alpha value is -3.92. The number of benzene rings is 4. The van der Waals surface area contributed by atoms with Crippen molar-refractivity contribution in [3.8, 4) is 28.7 Å². The Morgan fingerprint density at radius 1 is 0.500 bits per heavy atom. The van der Waals surface area contributed by atoms with Crippen molar-refractivity contribution in [3.05, 3.63) is 113 Å². The van der Waals surface area contributed by atoms with Crippen LogP contribution in [-0.4, -0.2) is 15.3 Å². The first-order chi connectivity index (χ1) is 15.5. The first-order valence-corrected chi connectivity index (χ1v) is 10.7. The van der Waals surface area contributed by atoms with E-state index in [1.165, 1.54) is 0 Å². The van der Waals surface area contributed by atoms with Gasteiger partial charge in [-0.05, 0) is 96.5 Å². The van der Waals surface area contributed by atoms with E-state index in [9.17, 15) is 15.3 Å². The zero-order valence-corrected chi connectivity index (χ0v) is 17.7. The van der Waals surface area contributed by atoms with E-state index in [4.69, 9.17) is 4.74 Å². The molecule has 0 bridgehead atoms. The van der Waals surface area contributed by atoms with Gasteiger partial charge in [0.15, 0.2) is 11.5 Å². The minimum atomic E-state index is 0.101. The maximum absolute atomic E-state index is 10.3. The molecule has 0 saturated carbocycles. The van der Waals surface area contributed by atoms with Crippen LogP contribution in [0.1, 0.15) is 22.3 Å². The predicted molar refractivity (Wildman–Crippen MR) is 126 cm³/mol. The van der Waals surface area contributed by atoms with Crippen LogP contribution in [0.2, 0.25) is 0 Å². The smallest absolute Gasteiger partial charge is 0.169 e. The van der Waals surface area contributed by atoms with E-state index < -0.39 is 0 Å². The van der Waals surface area contributed by atoms with Gasteiger partial charge in [-0.3, -0.25) is 0 Å². The van der Waals surface area contributed by atoms with Crippen molar-refractivity contribution >= 4 is 0 Å². The molecule has 0 unspecified atom stereocenters. The van der Waals surface area contributed by atoms with Gasteiger partial charge >= 0.3 is 0 Å².